The number of likely N-dealkylation sites (tertiary alicyclic amines) is 1. The van der Waals surface area contributed by atoms with E-state index in [1.54, 1.807) is 0 Å². The van der Waals surface area contributed by atoms with Crippen molar-refractivity contribution < 1.29 is 14.7 Å². The number of piperidine rings is 1. The van der Waals surface area contributed by atoms with E-state index in [9.17, 15) is 9.59 Å². The molecule has 3 N–H and O–H groups in total. The summed E-state index contributed by atoms with van der Waals surface area (Å²) < 4.78 is 0. The summed E-state index contributed by atoms with van der Waals surface area (Å²) in [6, 6.07) is 0.0105. The van der Waals surface area contributed by atoms with Gasteiger partial charge in [0.05, 0.1) is 11.3 Å². The summed E-state index contributed by atoms with van der Waals surface area (Å²) in [5.74, 6) is -0.905. The highest BCUT2D eigenvalue weighted by Crippen LogP contribution is 2.42. The molecule has 0 spiro atoms. The SMILES string of the molecule is CC1CC(C(=O)O)CCN1C(=O)C1(CN)CCC1. The van der Waals surface area contributed by atoms with E-state index < -0.39 is 5.97 Å². The fourth-order valence-corrected chi connectivity index (χ4v) is 3.11. The summed E-state index contributed by atoms with van der Waals surface area (Å²) in [7, 11) is 0. The van der Waals surface area contributed by atoms with Crippen molar-refractivity contribution in [2.45, 2.75) is 45.1 Å². The number of nitrogens with two attached hydrogens (primary N) is 1. The Labute approximate surface area is 107 Å². The third kappa shape index (κ3) is 2.11. The number of carbonyl (C=O) groups excluding carboxylic acids is 1. The lowest BCUT2D eigenvalue weighted by molar-refractivity contribution is -0.155. The average molecular weight is 254 g/mol. The highest BCUT2D eigenvalue weighted by molar-refractivity contribution is 5.84. The third-order valence-corrected chi connectivity index (χ3v) is 4.64. The molecule has 1 saturated carbocycles. The predicted octanol–water partition coefficient (Wildman–Crippen LogP) is 0.827. The Morgan fingerprint density at radius 2 is 2.11 bits per heavy atom. The van der Waals surface area contributed by atoms with Gasteiger partial charge in [0.2, 0.25) is 5.91 Å². The van der Waals surface area contributed by atoms with Gasteiger partial charge >= 0.3 is 5.97 Å². The van der Waals surface area contributed by atoms with Crippen LogP contribution in [0.5, 0.6) is 0 Å². The normalized spacial score (nSPS) is 30.7. The van der Waals surface area contributed by atoms with E-state index in [1.165, 1.54) is 0 Å². The topological polar surface area (TPSA) is 83.6 Å². The van der Waals surface area contributed by atoms with E-state index in [4.69, 9.17) is 10.8 Å². The predicted molar refractivity (Wildman–Crippen MR) is 66.9 cm³/mol. The molecular formula is C13H22N2O3. The maximum absolute atomic E-state index is 12.5. The first-order valence-corrected chi connectivity index (χ1v) is 6.74. The number of aliphatic carboxylic acids is 1. The summed E-state index contributed by atoms with van der Waals surface area (Å²) in [6.07, 6.45) is 3.96. The molecule has 2 fully saturated rings. The van der Waals surface area contributed by atoms with E-state index in [0.29, 0.717) is 25.9 Å². The van der Waals surface area contributed by atoms with E-state index in [-0.39, 0.29) is 23.3 Å². The Morgan fingerprint density at radius 1 is 1.44 bits per heavy atom. The van der Waals surface area contributed by atoms with Crippen LogP contribution in [-0.4, -0.2) is 41.0 Å². The van der Waals surface area contributed by atoms with Gasteiger partial charge in [0.1, 0.15) is 0 Å². The van der Waals surface area contributed by atoms with Gasteiger partial charge in [-0.3, -0.25) is 9.59 Å². The highest BCUT2D eigenvalue weighted by Gasteiger charge is 2.47. The van der Waals surface area contributed by atoms with Crippen LogP contribution in [0.15, 0.2) is 0 Å². The monoisotopic (exact) mass is 254 g/mol. The van der Waals surface area contributed by atoms with Crippen LogP contribution in [0.25, 0.3) is 0 Å². The first-order chi connectivity index (χ1) is 8.50. The zero-order valence-electron chi connectivity index (χ0n) is 10.9. The molecule has 1 aliphatic carbocycles. The minimum absolute atomic E-state index is 0.0105. The molecule has 0 bridgehead atoms. The van der Waals surface area contributed by atoms with E-state index in [2.05, 4.69) is 0 Å². The number of amides is 1. The molecule has 1 aliphatic heterocycles. The molecule has 5 heteroatoms. The standard InChI is InChI=1S/C13H22N2O3/c1-9-7-10(11(16)17)3-6-15(9)12(18)13(8-14)4-2-5-13/h9-10H,2-8,14H2,1H3,(H,16,17). The van der Waals surface area contributed by atoms with Crippen molar-refractivity contribution in [3.05, 3.63) is 0 Å². The van der Waals surface area contributed by atoms with Crippen LogP contribution in [0.4, 0.5) is 0 Å². The summed E-state index contributed by atoms with van der Waals surface area (Å²) in [6.45, 7) is 2.91. The number of rotatable bonds is 3. The maximum atomic E-state index is 12.5. The fourth-order valence-electron chi connectivity index (χ4n) is 3.11. The maximum Gasteiger partial charge on any atom is 0.306 e. The molecule has 0 radical (unpaired) electrons. The Hall–Kier alpha value is -1.10. The number of carboxylic acids is 1. The molecule has 0 aromatic carbocycles. The quantitative estimate of drug-likeness (QED) is 0.781. The first kappa shape index (κ1) is 13.3. The molecule has 2 rings (SSSR count). The zero-order chi connectivity index (χ0) is 13.3. The van der Waals surface area contributed by atoms with Gasteiger partial charge in [-0.15, -0.1) is 0 Å². The number of hydrogen-bond acceptors (Lipinski definition) is 3. The number of nitrogens with zero attached hydrogens (tertiary/aromatic N) is 1. The number of hydrogen-bond donors (Lipinski definition) is 2. The van der Waals surface area contributed by atoms with Crippen LogP contribution in [0.2, 0.25) is 0 Å². The van der Waals surface area contributed by atoms with Gasteiger partial charge < -0.3 is 15.7 Å². The van der Waals surface area contributed by atoms with Gasteiger partial charge in [0.15, 0.2) is 0 Å². The molecule has 5 nitrogen and oxygen atoms in total. The van der Waals surface area contributed by atoms with E-state index >= 15 is 0 Å². The molecule has 0 aromatic heterocycles. The molecule has 102 valence electrons. The largest absolute Gasteiger partial charge is 0.481 e. The van der Waals surface area contributed by atoms with Crippen LogP contribution < -0.4 is 5.73 Å². The van der Waals surface area contributed by atoms with Crippen molar-refractivity contribution in [1.29, 1.82) is 0 Å². The minimum atomic E-state index is -0.744. The number of carboxylic acid groups (broad SMARTS) is 1. The molecule has 18 heavy (non-hydrogen) atoms. The fraction of sp³-hybridized carbons (Fsp3) is 0.846. The second kappa shape index (κ2) is 4.88. The summed E-state index contributed by atoms with van der Waals surface area (Å²) >= 11 is 0. The average Bonchev–Trinajstić information content (AvgIpc) is 2.27. The third-order valence-electron chi connectivity index (χ3n) is 4.64. The Bertz CT molecular complexity index is 347. The smallest absolute Gasteiger partial charge is 0.306 e. The van der Waals surface area contributed by atoms with Crippen molar-refractivity contribution in [2.24, 2.45) is 17.1 Å². The van der Waals surface area contributed by atoms with Gasteiger partial charge in [0, 0.05) is 19.1 Å². The Morgan fingerprint density at radius 3 is 2.50 bits per heavy atom. The molecule has 1 saturated heterocycles. The molecule has 2 aliphatic rings. The van der Waals surface area contributed by atoms with Crippen LogP contribution in [0, 0.1) is 11.3 Å². The molecular weight excluding hydrogens is 232 g/mol. The molecule has 0 aromatic rings. The summed E-state index contributed by atoms with van der Waals surface area (Å²) in [4.78, 5) is 25.3. The minimum Gasteiger partial charge on any atom is -0.481 e. The van der Waals surface area contributed by atoms with Gasteiger partial charge in [-0.05, 0) is 32.6 Å². The molecule has 2 atom stereocenters. The second-order valence-corrected chi connectivity index (χ2v) is 5.75. The Kier molecular flexibility index (Phi) is 3.61. The van der Waals surface area contributed by atoms with Crippen molar-refractivity contribution in [1.82, 2.24) is 4.90 Å². The zero-order valence-corrected chi connectivity index (χ0v) is 10.9. The van der Waals surface area contributed by atoms with E-state index in [1.807, 2.05) is 11.8 Å². The van der Waals surface area contributed by atoms with Crippen molar-refractivity contribution in [3.8, 4) is 0 Å². The summed E-state index contributed by atoms with van der Waals surface area (Å²) in [5, 5.41) is 9.02. The second-order valence-electron chi connectivity index (χ2n) is 5.75. The van der Waals surface area contributed by atoms with Gasteiger partial charge in [-0.25, -0.2) is 0 Å². The highest BCUT2D eigenvalue weighted by atomic mass is 16.4. The molecule has 1 amide bonds. The van der Waals surface area contributed by atoms with Crippen molar-refractivity contribution in [2.75, 3.05) is 13.1 Å². The lowest BCUT2D eigenvalue weighted by atomic mass is 9.67. The van der Waals surface area contributed by atoms with Crippen LogP contribution in [-0.2, 0) is 9.59 Å². The molecule has 2 unspecified atom stereocenters. The van der Waals surface area contributed by atoms with Crippen molar-refractivity contribution >= 4 is 11.9 Å². The van der Waals surface area contributed by atoms with Crippen molar-refractivity contribution in [3.63, 3.8) is 0 Å². The first-order valence-electron chi connectivity index (χ1n) is 6.74. The lowest BCUT2D eigenvalue weighted by Crippen LogP contribution is -2.56. The van der Waals surface area contributed by atoms with Crippen LogP contribution in [0.3, 0.4) is 0 Å². The van der Waals surface area contributed by atoms with Gasteiger partial charge in [0.25, 0.3) is 0 Å². The van der Waals surface area contributed by atoms with E-state index in [0.717, 1.165) is 19.3 Å². The van der Waals surface area contributed by atoms with Crippen LogP contribution in [0.1, 0.15) is 39.0 Å². The number of carbonyl (C=O) groups is 2. The summed E-state index contributed by atoms with van der Waals surface area (Å²) in [5.41, 5.74) is 5.41. The molecule has 1 heterocycles. The van der Waals surface area contributed by atoms with Gasteiger partial charge in [-0.1, -0.05) is 6.42 Å². The Balaban J connectivity index is 2.02. The van der Waals surface area contributed by atoms with Gasteiger partial charge in [-0.2, -0.15) is 0 Å². The van der Waals surface area contributed by atoms with Crippen LogP contribution >= 0.6 is 0 Å². The lowest BCUT2D eigenvalue weighted by Gasteiger charge is -2.46.